The van der Waals surface area contributed by atoms with Gasteiger partial charge in [0.2, 0.25) is 0 Å². The molecule has 0 aliphatic carbocycles. The molecule has 0 spiro atoms. The maximum Gasteiger partial charge on any atom is 0.433 e. The Morgan fingerprint density at radius 3 is 2.50 bits per heavy atom. The first-order valence-corrected chi connectivity index (χ1v) is 5.62. The van der Waals surface area contributed by atoms with Crippen LogP contribution >= 0.6 is 0 Å². The Labute approximate surface area is 103 Å². The van der Waals surface area contributed by atoms with Crippen molar-refractivity contribution in [3.05, 3.63) is 29.6 Å². The van der Waals surface area contributed by atoms with Crippen molar-refractivity contribution in [3.8, 4) is 0 Å². The predicted octanol–water partition coefficient (Wildman–Crippen LogP) is 2.88. The second kappa shape index (κ2) is 5.84. The van der Waals surface area contributed by atoms with E-state index in [0.717, 1.165) is 24.8 Å². The molecule has 0 bridgehead atoms. The monoisotopic (exact) mass is 260 g/mol. The van der Waals surface area contributed by atoms with Gasteiger partial charge in [0, 0.05) is 12.7 Å². The van der Waals surface area contributed by atoms with E-state index in [0.29, 0.717) is 12.5 Å². The summed E-state index contributed by atoms with van der Waals surface area (Å²) >= 11 is 0. The number of nitrogens with zero attached hydrogens (tertiary/aromatic N) is 1. The normalized spacial score (nSPS) is 11.7. The number of rotatable bonds is 4. The molecule has 0 aliphatic rings. The average Bonchev–Trinajstić information content (AvgIpc) is 2.27. The Bertz CT molecular complexity index is 399. The highest BCUT2D eigenvalue weighted by Gasteiger charge is 2.32. The molecule has 100 valence electrons. The number of halogens is 3. The van der Waals surface area contributed by atoms with Crippen LogP contribution in [0.1, 0.15) is 36.3 Å². The van der Waals surface area contributed by atoms with Gasteiger partial charge in [0.05, 0.1) is 5.56 Å². The molecule has 3 nitrogen and oxygen atoms in total. The molecule has 0 aliphatic heterocycles. The Morgan fingerprint density at radius 2 is 2.06 bits per heavy atom. The number of aromatic nitrogens is 1. The van der Waals surface area contributed by atoms with Crippen LogP contribution in [0.15, 0.2) is 18.3 Å². The highest BCUT2D eigenvalue weighted by Crippen LogP contribution is 2.27. The molecule has 1 heterocycles. The summed E-state index contributed by atoms with van der Waals surface area (Å²) in [5.74, 6) is 0.0490. The number of hydrogen-bond donors (Lipinski definition) is 1. The average molecular weight is 260 g/mol. The lowest BCUT2D eigenvalue weighted by Gasteiger charge is -2.08. The van der Waals surface area contributed by atoms with Crippen molar-refractivity contribution >= 4 is 5.91 Å². The summed E-state index contributed by atoms with van der Waals surface area (Å²) in [6.45, 7) is 4.54. The van der Waals surface area contributed by atoms with Gasteiger partial charge in [0.15, 0.2) is 0 Å². The summed E-state index contributed by atoms with van der Waals surface area (Å²) in [6.07, 6.45) is -2.72. The van der Waals surface area contributed by atoms with E-state index >= 15 is 0 Å². The van der Waals surface area contributed by atoms with Gasteiger partial charge in [-0.25, -0.2) is 0 Å². The molecule has 1 aromatic heterocycles. The second-order valence-electron chi connectivity index (χ2n) is 4.37. The molecule has 6 heteroatoms. The van der Waals surface area contributed by atoms with Crippen molar-refractivity contribution in [1.82, 2.24) is 10.3 Å². The highest BCUT2D eigenvalue weighted by molar-refractivity contribution is 5.93. The van der Waals surface area contributed by atoms with Crippen molar-refractivity contribution in [1.29, 1.82) is 0 Å². The van der Waals surface area contributed by atoms with Gasteiger partial charge in [0.1, 0.15) is 5.69 Å². The smallest absolute Gasteiger partial charge is 0.352 e. The molecule has 0 saturated heterocycles. The fraction of sp³-hybridized carbons (Fsp3) is 0.500. The van der Waals surface area contributed by atoms with E-state index in [1.807, 2.05) is 13.8 Å². The van der Waals surface area contributed by atoms with Crippen molar-refractivity contribution in [2.45, 2.75) is 26.4 Å². The topological polar surface area (TPSA) is 42.0 Å². The van der Waals surface area contributed by atoms with Crippen molar-refractivity contribution < 1.29 is 18.0 Å². The third kappa shape index (κ3) is 4.35. The lowest BCUT2D eigenvalue weighted by Crippen LogP contribution is -2.25. The minimum absolute atomic E-state index is 0.131. The maximum absolute atomic E-state index is 12.2. The van der Waals surface area contributed by atoms with Gasteiger partial charge in [0.25, 0.3) is 5.91 Å². The number of nitrogens with one attached hydrogen (secondary N) is 1. The SMILES string of the molecule is CC(C)CCNC(=O)c1ccc(C(F)(F)F)nc1. The van der Waals surface area contributed by atoms with Crippen LogP contribution in [0.3, 0.4) is 0 Å². The second-order valence-corrected chi connectivity index (χ2v) is 4.37. The first kappa shape index (κ1) is 14.5. The zero-order chi connectivity index (χ0) is 13.8. The zero-order valence-electron chi connectivity index (χ0n) is 10.2. The van der Waals surface area contributed by atoms with Gasteiger partial charge in [-0.05, 0) is 24.5 Å². The van der Waals surface area contributed by atoms with E-state index < -0.39 is 17.8 Å². The van der Waals surface area contributed by atoms with Crippen LogP contribution in [0.25, 0.3) is 0 Å². The Balaban J connectivity index is 2.60. The van der Waals surface area contributed by atoms with Gasteiger partial charge in [-0.3, -0.25) is 9.78 Å². The van der Waals surface area contributed by atoms with Crippen LogP contribution < -0.4 is 5.32 Å². The third-order valence-electron chi connectivity index (χ3n) is 2.32. The molecule has 0 unspecified atom stereocenters. The maximum atomic E-state index is 12.2. The molecule has 0 aromatic carbocycles. The number of carbonyl (C=O) groups is 1. The minimum atomic E-state index is -4.48. The van der Waals surface area contributed by atoms with Crippen molar-refractivity contribution in [2.75, 3.05) is 6.54 Å². The van der Waals surface area contributed by atoms with Crippen molar-refractivity contribution in [2.24, 2.45) is 5.92 Å². The number of hydrogen-bond acceptors (Lipinski definition) is 2. The van der Waals surface area contributed by atoms with Crippen LogP contribution in [0, 0.1) is 5.92 Å². The zero-order valence-corrected chi connectivity index (χ0v) is 10.2. The Morgan fingerprint density at radius 1 is 1.39 bits per heavy atom. The van der Waals surface area contributed by atoms with Crippen LogP contribution in [0.5, 0.6) is 0 Å². The third-order valence-corrected chi connectivity index (χ3v) is 2.32. The van der Waals surface area contributed by atoms with E-state index in [-0.39, 0.29) is 5.56 Å². The lowest BCUT2D eigenvalue weighted by molar-refractivity contribution is -0.141. The number of amides is 1. The first-order valence-electron chi connectivity index (χ1n) is 5.62. The van der Waals surface area contributed by atoms with E-state index in [4.69, 9.17) is 0 Å². The van der Waals surface area contributed by atoms with Gasteiger partial charge >= 0.3 is 6.18 Å². The summed E-state index contributed by atoms with van der Waals surface area (Å²) in [5, 5.41) is 2.63. The van der Waals surface area contributed by atoms with E-state index in [2.05, 4.69) is 10.3 Å². The van der Waals surface area contributed by atoms with Crippen LogP contribution in [-0.2, 0) is 6.18 Å². The molecule has 1 aromatic rings. The number of pyridine rings is 1. The molecule has 18 heavy (non-hydrogen) atoms. The van der Waals surface area contributed by atoms with E-state index in [9.17, 15) is 18.0 Å². The highest BCUT2D eigenvalue weighted by atomic mass is 19.4. The molecular formula is C12H15F3N2O. The number of alkyl halides is 3. The predicted molar refractivity (Wildman–Crippen MR) is 61.0 cm³/mol. The van der Waals surface area contributed by atoms with Gasteiger partial charge < -0.3 is 5.32 Å². The quantitative estimate of drug-likeness (QED) is 0.904. The fourth-order valence-electron chi connectivity index (χ4n) is 1.27. The summed E-state index contributed by atoms with van der Waals surface area (Å²) in [4.78, 5) is 14.8. The van der Waals surface area contributed by atoms with Gasteiger partial charge in [-0.1, -0.05) is 13.8 Å². The number of carbonyl (C=O) groups excluding carboxylic acids is 1. The van der Waals surface area contributed by atoms with E-state index in [1.165, 1.54) is 0 Å². The van der Waals surface area contributed by atoms with Crippen LogP contribution in [-0.4, -0.2) is 17.4 Å². The summed E-state index contributed by atoms with van der Waals surface area (Å²) in [5.41, 5.74) is -0.868. The largest absolute Gasteiger partial charge is 0.433 e. The Kier molecular flexibility index (Phi) is 4.69. The molecule has 1 rings (SSSR count). The summed E-state index contributed by atoms with van der Waals surface area (Å²) in [7, 11) is 0. The molecule has 1 amide bonds. The Hall–Kier alpha value is -1.59. The molecule has 1 N–H and O–H groups in total. The summed E-state index contributed by atoms with van der Waals surface area (Å²) in [6, 6.07) is 1.93. The van der Waals surface area contributed by atoms with Crippen molar-refractivity contribution in [3.63, 3.8) is 0 Å². The fourth-order valence-corrected chi connectivity index (χ4v) is 1.27. The lowest BCUT2D eigenvalue weighted by atomic mass is 10.1. The van der Waals surface area contributed by atoms with Gasteiger partial charge in [-0.2, -0.15) is 13.2 Å². The van der Waals surface area contributed by atoms with Crippen LogP contribution in [0.2, 0.25) is 0 Å². The van der Waals surface area contributed by atoms with Crippen LogP contribution in [0.4, 0.5) is 13.2 Å². The first-order chi connectivity index (χ1) is 8.30. The molecule has 0 fully saturated rings. The minimum Gasteiger partial charge on any atom is -0.352 e. The molecule has 0 saturated carbocycles. The van der Waals surface area contributed by atoms with Gasteiger partial charge in [-0.15, -0.1) is 0 Å². The summed E-state index contributed by atoms with van der Waals surface area (Å²) < 4.78 is 36.7. The standard InChI is InChI=1S/C12H15F3N2O/c1-8(2)5-6-16-11(18)9-3-4-10(17-7-9)12(13,14)15/h3-4,7-8H,5-6H2,1-2H3,(H,16,18). The molecule has 0 radical (unpaired) electrons. The molecule has 0 atom stereocenters. The molecular weight excluding hydrogens is 245 g/mol. The van der Waals surface area contributed by atoms with E-state index in [1.54, 1.807) is 0 Å².